The van der Waals surface area contributed by atoms with Crippen molar-refractivity contribution in [1.82, 2.24) is 15.5 Å². The molecule has 1 unspecified atom stereocenters. The van der Waals surface area contributed by atoms with E-state index < -0.39 is 0 Å². The highest BCUT2D eigenvalue weighted by Crippen LogP contribution is 2.13. The van der Waals surface area contributed by atoms with Crippen molar-refractivity contribution in [3.05, 3.63) is 35.4 Å². The molecule has 6 nitrogen and oxygen atoms in total. The molecule has 0 bridgehead atoms. The third kappa shape index (κ3) is 6.54. The molecule has 1 amide bonds. The molecular formula is C21H34N4O2. The minimum absolute atomic E-state index is 0.0487. The van der Waals surface area contributed by atoms with Crippen LogP contribution in [0.15, 0.2) is 29.3 Å². The van der Waals surface area contributed by atoms with Gasteiger partial charge in [0.2, 0.25) is 5.91 Å². The molecule has 1 aromatic rings. The Bertz CT molecular complexity index is 630. The molecule has 1 aliphatic heterocycles. The lowest BCUT2D eigenvalue weighted by atomic mass is 10.1. The first-order chi connectivity index (χ1) is 13.0. The molecule has 2 N–H and O–H groups in total. The maximum Gasteiger partial charge on any atom is 0.225 e. The number of rotatable bonds is 8. The molecule has 1 fully saturated rings. The molecule has 1 aliphatic rings. The minimum Gasteiger partial charge on any atom is -0.377 e. The van der Waals surface area contributed by atoms with Gasteiger partial charge in [0.25, 0.3) is 0 Å². The van der Waals surface area contributed by atoms with Gasteiger partial charge in [0, 0.05) is 45.2 Å². The Balaban J connectivity index is 1.85. The van der Waals surface area contributed by atoms with Crippen molar-refractivity contribution < 1.29 is 9.53 Å². The van der Waals surface area contributed by atoms with Crippen molar-refractivity contribution in [1.29, 1.82) is 0 Å². The highest BCUT2D eigenvalue weighted by atomic mass is 16.5. The van der Waals surface area contributed by atoms with E-state index in [1.807, 2.05) is 30.9 Å². The van der Waals surface area contributed by atoms with Crippen LogP contribution in [0.5, 0.6) is 0 Å². The number of aliphatic imine (C=N–C) groups is 1. The Morgan fingerprint density at radius 1 is 1.33 bits per heavy atom. The zero-order valence-corrected chi connectivity index (χ0v) is 17.1. The normalized spacial score (nSPS) is 17.4. The van der Waals surface area contributed by atoms with E-state index in [0.29, 0.717) is 13.2 Å². The quantitative estimate of drug-likeness (QED) is 0.417. The Hall–Kier alpha value is -2.08. The molecule has 1 saturated heterocycles. The van der Waals surface area contributed by atoms with E-state index in [2.05, 4.69) is 34.7 Å². The molecule has 1 aromatic carbocycles. The highest BCUT2D eigenvalue weighted by molar-refractivity contribution is 5.81. The number of likely N-dealkylation sites (tertiary alicyclic amines) is 1. The maximum absolute atomic E-state index is 12.1. The van der Waals surface area contributed by atoms with Gasteiger partial charge in [-0.05, 0) is 24.0 Å². The molecule has 0 radical (unpaired) electrons. The van der Waals surface area contributed by atoms with Crippen molar-refractivity contribution >= 4 is 11.9 Å². The van der Waals surface area contributed by atoms with Crippen LogP contribution in [0.3, 0.4) is 0 Å². The molecule has 150 valence electrons. The third-order valence-corrected chi connectivity index (χ3v) is 4.73. The summed E-state index contributed by atoms with van der Waals surface area (Å²) in [6.45, 7) is 9.65. The summed E-state index contributed by atoms with van der Waals surface area (Å²) in [6.07, 6.45) is 1.97. The summed E-state index contributed by atoms with van der Waals surface area (Å²) >= 11 is 0. The van der Waals surface area contributed by atoms with Gasteiger partial charge in [-0.15, -0.1) is 0 Å². The van der Waals surface area contributed by atoms with Crippen molar-refractivity contribution in [2.24, 2.45) is 10.9 Å². The van der Waals surface area contributed by atoms with Crippen molar-refractivity contribution in [3.63, 3.8) is 0 Å². The van der Waals surface area contributed by atoms with E-state index in [9.17, 15) is 4.79 Å². The number of benzene rings is 1. The minimum atomic E-state index is 0.0487. The van der Waals surface area contributed by atoms with Crippen LogP contribution in [0.2, 0.25) is 0 Å². The van der Waals surface area contributed by atoms with Gasteiger partial charge in [-0.25, -0.2) is 0 Å². The lowest BCUT2D eigenvalue weighted by Gasteiger charge is -2.20. The van der Waals surface area contributed by atoms with Crippen LogP contribution in [0.25, 0.3) is 0 Å². The fourth-order valence-corrected chi connectivity index (χ4v) is 3.21. The first-order valence-electron chi connectivity index (χ1n) is 9.95. The van der Waals surface area contributed by atoms with E-state index >= 15 is 0 Å². The third-order valence-electron chi connectivity index (χ3n) is 4.73. The number of nitrogens with one attached hydrogen (secondary N) is 2. The van der Waals surface area contributed by atoms with E-state index in [-0.39, 0.29) is 17.9 Å². The Labute approximate surface area is 163 Å². The molecule has 0 aliphatic carbocycles. The smallest absolute Gasteiger partial charge is 0.225 e. The number of carbonyl (C=O) groups is 1. The summed E-state index contributed by atoms with van der Waals surface area (Å²) in [5.41, 5.74) is 2.41. The first kappa shape index (κ1) is 21.2. The highest BCUT2D eigenvalue weighted by Gasteiger charge is 2.27. The largest absolute Gasteiger partial charge is 0.377 e. The van der Waals surface area contributed by atoms with Crippen LogP contribution in [0.4, 0.5) is 0 Å². The number of nitrogens with zero attached hydrogens (tertiary/aromatic N) is 2. The van der Waals surface area contributed by atoms with E-state index in [1.54, 1.807) is 7.05 Å². The van der Waals surface area contributed by atoms with E-state index in [4.69, 9.17) is 4.74 Å². The van der Waals surface area contributed by atoms with Gasteiger partial charge in [0.05, 0.1) is 6.61 Å². The Morgan fingerprint density at radius 3 is 2.74 bits per heavy atom. The molecule has 0 saturated carbocycles. The standard InChI is InChI=1S/C21H34N4O2/c1-5-12-27-15-18-9-7-6-8-17(18)13-23-21(22-4)24-19-10-11-25(14-19)20(26)16(2)3/h6-9,16,19H,5,10-15H2,1-4H3,(H2,22,23,24). The Morgan fingerprint density at radius 2 is 2.07 bits per heavy atom. The summed E-state index contributed by atoms with van der Waals surface area (Å²) in [6, 6.07) is 8.55. The average molecular weight is 375 g/mol. The van der Waals surface area contributed by atoms with Crippen molar-refractivity contribution in [3.8, 4) is 0 Å². The predicted molar refractivity (Wildman–Crippen MR) is 110 cm³/mol. The lowest BCUT2D eigenvalue weighted by molar-refractivity contribution is -0.133. The fourth-order valence-electron chi connectivity index (χ4n) is 3.21. The monoisotopic (exact) mass is 374 g/mol. The summed E-state index contributed by atoms with van der Waals surface area (Å²) in [4.78, 5) is 18.4. The fraction of sp³-hybridized carbons (Fsp3) is 0.619. The van der Waals surface area contributed by atoms with Crippen molar-refractivity contribution in [2.45, 2.75) is 52.8 Å². The number of amides is 1. The van der Waals surface area contributed by atoms with E-state index in [0.717, 1.165) is 38.5 Å². The van der Waals surface area contributed by atoms with Gasteiger partial charge >= 0.3 is 0 Å². The molecule has 0 aromatic heterocycles. The van der Waals surface area contributed by atoms with Crippen LogP contribution in [0.1, 0.15) is 44.7 Å². The summed E-state index contributed by atoms with van der Waals surface area (Å²) in [7, 11) is 1.78. The van der Waals surface area contributed by atoms with E-state index in [1.165, 1.54) is 11.1 Å². The zero-order valence-electron chi connectivity index (χ0n) is 17.1. The van der Waals surface area contributed by atoms with Crippen molar-refractivity contribution in [2.75, 3.05) is 26.7 Å². The molecule has 2 rings (SSSR count). The molecule has 1 heterocycles. The van der Waals surface area contributed by atoms with Crippen LogP contribution >= 0.6 is 0 Å². The second-order valence-corrected chi connectivity index (χ2v) is 7.32. The Kier molecular flexibility index (Phi) is 8.58. The molecule has 0 spiro atoms. The van der Waals surface area contributed by atoms with Crippen LogP contribution in [-0.4, -0.2) is 49.6 Å². The van der Waals surface area contributed by atoms with Crippen LogP contribution < -0.4 is 10.6 Å². The van der Waals surface area contributed by atoms with Gasteiger partial charge in [0.15, 0.2) is 5.96 Å². The first-order valence-corrected chi connectivity index (χ1v) is 9.95. The summed E-state index contributed by atoms with van der Waals surface area (Å²) in [5, 5.41) is 6.84. The number of ether oxygens (including phenoxy) is 1. The topological polar surface area (TPSA) is 66.0 Å². The second kappa shape index (κ2) is 10.9. The van der Waals surface area contributed by atoms with Gasteiger partial charge < -0.3 is 20.3 Å². The summed E-state index contributed by atoms with van der Waals surface area (Å²) in [5.74, 6) is 1.04. The maximum atomic E-state index is 12.1. The second-order valence-electron chi connectivity index (χ2n) is 7.32. The number of hydrogen-bond donors (Lipinski definition) is 2. The summed E-state index contributed by atoms with van der Waals surface area (Å²) < 4.78 is 5.69. The molecule has 6 heteroatoms. The number of hydrogen-bond acceptors (Lipinski definition) is 3. The number of guanidine groups is 1. The molecular weight excluding hydrogens is 340 g/mol. The lowest BCUT2D eigenvalue weighted by Crippen LogP contribution is -2.45. The van der Waals surface area contributed by atoms with Crippen LogP contribution in [0, 0.1) is 5.92 Å². The van der Waals surface area contributed by atoms with Gasteiger partial charge in [0.1, 0.15) is 0 Å². The van der Waals surface area contributed by atoms with Gasteiger partial charge in [-0.2, -0.15) is 0 Å². The number of carbonyl (C=O) groups excluding carboxylic acids is 1. The zero-order chi connectivity index (χ0) is 19.6. The SMILES string of the molecule is CCCOCc1ccccc1CNC(=NC)NC1CCN(C(=O)C(C)C)C1. The van der Waals surface area contributed by atoms with Gasteiger partial charge in [-0.3, -0.25) is 9.79 Å². The molecule has 27 heavy (non-hydrogen) atoms. The van der Waals surface area contributed by atoms with Gasteiger partial charge in [-0.1, -0.05) is 45.0 Å². The van der Waals surface area contributed by atoms with Crippen LogP contribution in [-0.2, 0) is 22.7 Å². The average Bonchev–Trinajstić information content (AvgIpc) is 3.14. The molecule has 1 atom stereocenters. The predicted octanol–water partition coefficient (Wildman–Crippen LogP) is 2.54.